The van der Waals surface area contributed by atoms with E-state index >= 15 is 0 Å². The lowest BCUT2D eigenvalue weighted by Crippen LogP contribution is -2.36. The summed E-state index contributed by atoms with van der Waals surface area (Å²) < 4.78 is 1.88. The minimum atomic E-state index is -0.492. The average Bonchev–Trinajstić information content (AvgIpc) is 3.30. The van der Waals surface area contributed by atoms with E-state index in [9.17, 15) is 14.4 Å². The summed E-state index contributed by atoms with van der Waals surface area (Å²) in [5, 5.41) is 2.89. The number of benzene rings is 2. The van der Waals surface area contributed by atoms with E-state index in [1.165, 1.54) is 0 Å². The van der Waals surface area contributed by atoms with Gasteiger partial charge < -0.3 is 9.88 Å². The number of halogens is 1. The molecule has 4 rings (SSSR count). The van der Waals surface area contributed by atoms with Crippen molar-refractivity contribution in [3.05, 3.63) is 87.5 Å². The van der Waals surface area contributed by atoms with E-state index in [1.807, 2.05) is 73.1 Å². The highest BCUT2D eigenvalue weighted by Crippen LogP contribution is 2.33. The number of aryl methyl sites for hydroxylation is 2. The molecule has 0 atom stereocenters. The van der Waals surface area contributed by atoms with Crippen LogP contribution in [0.1, 0.15) is 16.8 Å². The van der Waals surface area contributed by atoms with Crippen molar-refractivity contribution in [3.63, 3.8) is 0 Å². The molecule has 0 bridgehead atoms. The monoisotopic (exact) mass is 465 g/mol. The minimum Gasteiger partial charge on any atom is -0.325 e. The van der Waals surface area contributed by atoms with Crippen molar-refractivity contribution in [1.82, 2.24) is 9.47 Å². The summed E-state index contributed by atoms with van der Waals surface area (Å²) in [5.41, 5.74) is 4.14. The molecule has 3 aromatic rings. The van der Waals surface area contributed by atoms with Crippen LogP contribution in [-0.2, 0) is 9.59 Å². The standard InChI is InChI=1S/C24H20ClN3O3S/c1-15-5-3-6-17(11-15)26-22(29)14-28-23(30)21(32-24(28)31)13-18-7-4-10-27(18)19-9-8-16(2)20(25)12-19/h3-13H,14H2,1-2H3,(H,26,29)/b21-13-. The third-order valence-corrected chi connectivity index (χ3v) is 6.28. The summed E-state index contributed by atoms with van der Waals surface area (Å²) in [7, 11) is 0. The van der Waals surface area contributed by atoms with Gasteiger partial charge in [0.1, 0.15) is 6.54 Å². The molecule has 1 fully saturated rings. The molecule has 1 aromatic heterocycles. The Morgan fingerprint density at radius 1 is 1.09 bits per heavy atom. The number of hydrogen-bond acceptors (Lipinski definition) is 4. The predicted molar refractivity (Wildman–Crippen MR) is 128 cm³/mol. The van der Waals surface area contributed by atoms with Gasteiger partial charge in [-0.3, -0.25) is 19.3 Å². The SMILES string of the molecule is Cc1cccc(NC(=O)CN2C(=O)S/C(=C\c3cccn3-c3ccc(C)c(Cl)c3)C2=O)c1. The minimum absolute atomic E-state index is 0.261. The van der Waals surface area contributed by atoms with Crippen molar-refractivity contribution in [2.45, 2.75) is 13.8 Å². The van der Waals surface area contributed by atoms with E-state index in [1.54, 1.807) is 12.1 Å². The molecule has 0 aliphatic carbocycles. The number of carbonyl (C=O) groups is 3. The van der Waals surface area contributed by atoms with E-state index in [-0.39, 0.29) is 11.4 Å². The summed E-state index contributed by atoms with van der Waals surface area (Å²) in [6.45, 7) is 3.50. The zero-order valence-corrected chi connectivity index (χ0v) is 19.0. The van der Waals surface area contributed by atoms with Crippen LogP contribution < -0.4 is 5.32 Å². The average molecular weight is 466 g/mol. The molecule has 1 N–H and O–H groups in total. The Balaban J connectivity index is 1.51. The van der Waals surface area contributed by atoms with Crippen LogP contribution >= 0.6 is 23.4 Å². The molecule has 2 aromatic carbocycles. The molecule has 2 heterocycles. The molecule has 162 valence electrons. The van der Waals surface area contributed by atoms with E-state index in [0.29, 0.717) is 10.7 Å². The van der Waals surface area contributed by atoms with Gasteiger partial charge in [0, 0.05) is 28.3 Å². The lowest BCUT2D eigenvalue weighted by Gasteiger charge is -2.12. The van der Waals surface area contributed by atoms with Gasteiger partial charge in [0.15, 0.2) is 0 Å². The van der Waals surface area contributed by atoms with Crippen LogP contribution in [0, 0.1) is 13.8 Å². The second-order valence-electron chi connectivity index (χ2n) is 7.42. The van der Waals surface area contributed by atoms with Crippen LogP contribution in [0.5, 0.6) is 0 Å². The van der Waals surface area contributed by atoms with Gasteiger partial charge in [-0.1, -0.05) is 29.8 Å². The van der Waals surface area contributed by atoms with Crippen molar-refractivity contribution in [2.75, 3.05) is 11.9 Å². The van der Waals surface area contributed by atoms with Crippen LogP contribution in [0.3, 0.4) is 0 Å². The van der Waals surface area contributed by atoms with E-state index in [0.717, 1.165) is 39.2 Å². The maximum atomic E-state index is 12.8. The third kappa shape index (κ3) is 4.64. The molecule has 32 heavy (non-hydrogen) atoms. The van der Waals surface area contributed by atoms with Gasteiger partial charge in [0.2, 0.25) is 5.91 Å². The number of aromatic nitrogens is 1. The zero-order valence-electron chi connectivity index (χ0n) is 17.5. The smallest absolute Gasteiger partial charge is 0.294 e. The number of thioether (sulfide) groups is 1. The van der Waals surface area contributed by atoms with Crippen molar-refractivity contribution in [2.24, 2.45) is 0 Å². The Morgan fingerprint density at radius 3 is 2.66 bits per heavy atom. The van der Waals surface area contributed by atoms with Gasteiger partial charge in [-0.15, -0.1) is 0 Å². The van der Waals surface area contributed by atoms with Gasteiger partial charge in [0.05, 0.1) is 4.91 Å². The number of nitrogens with one attached hydrogen (secondary N) is 1. The summed E-state index contributed by atoms with van der Waals surface area (Å²) in [6, 6.07) is 16.7. The van der Waals surface area contributed by atoms with Gasteiger partial charge in [-0.25, -0.2) is 0 Å². The fraction of sp³-hybridized carbons (Fsp3) is 0.125. The summed E-state index contributed by atoms with van der Waals surface area (Å²) in [6.07, 6.45) is 3.50. The molecule has 1 aliphatic heterocycles. The highest BCUT2D eigenvalue weighted by atomic mass is 35.5. The molecule has 1 saturated heterocycles. The lowest BCUT2D eigenvalue weighted by atomic mass is 10.2. The first-order chi connectivity index (χ1) is 15.3. The molecule has 6 nitrogen and oxygen atoms in total. The van der Waals surface area contributed by atoms with Crippen molar-refractivity contribution >= 4 is 52.2 Å². The van der Waals surface area contributed by atoms with E-state index < -0.39 is 17.1 Å². The molecular formula is C24H20ClN3O3S. The van der Waals surface area contributed by atoms with Crippen LogP contribution in [0.15, 0.2) is 65.7 Å². The third-order valence-electron chi connectivity index (χ3n) is 4.97. The van der Waals surface area contributed by atoms with Crippen molar-refractivity contribution in [3.8, 4) is 5.69 Å². The molecule has 0 saturated carbocycles. The summed E-state index contributed by atoms with van der Waals surface area (Å²) in [5.74, 6) is -0.925. The summed E-state index contributed by atoms with van der Waals surface area (Å²) >= 11 is 7.07. The molecule has 0 spiro atoms. The lowest BCUT2D eigenvalue weighted by molar-refractivity contribution is -0.127. The van der Waals surface area contributed by atoms with Crippen molar-refractivity contribution in [1.29, 1.82) is 0 Å². The van der Waals surface area contributed by atoms with Gasteiger partial charge in [-0.2, -0.15) is 0 Å². The maximum Gasteiger partial charge on any atom is 0.294 e. The second kappa shape index (κ2) is 9.06. The molecule has 0 unspecified atom stereocenters. The van der Waals surface area contributed by atoms with Gasteiger partial charge in [-0.05, 0) is 79.2 Å². The predicted octanol–water partition coefficient (Wildman–Crippen LogP) is 5.42. The molecule has 1 aliphatic rings. The highest BCUT2D eigenvalue weighted by Gasteiger charge is 2.36. The number of carbonyl (C=O) groups excluding carboxylic acids is 3. The largest absolute Gasteiger partial charge is 0.325 e. The number of rotatable bonds is 5. The van der Waals surface area contributed by atoms with Gasteiger partial charge >= 0.3 is 0 Å². The number of nitrogens with zero attached hydrogens (tertiary/aromatic N) is 2. The highest BCUT2D eigenvalue weighted by molar-refractivity contribution is 8.18. The number of hydrogen-bond donors (Lipinski definition) is 1. The Kier molecular flexibility index (Phi) is 6.21. The number of imide groups is 1. The Hall–Kier alpha value is -3.29. The van der Waals surface area contributed by atoms with E-state index in [2.05, 4.69) is 5.32 Å². The molecule has 8 heteroatoms. The molecule has 3 amide bonds. The zero-order chi connectivity index (χ0) is 22.8. The fourth-order valence-corrected chi connectivity index (χ4v) is 4.31. The second-order valence-corrected chi connectivity index (χ2v) is 8.82. The topological polar surface area (TPSA) is 71.4 Å². The first-order valence-corrected chi connectivity index (χ1v) is 11.1. The van der Waals surface area contributed by atoms with Crippen LogP contribution in [0.4, 0.5) is 10.5 Å². The Bertz CT molecular complexity index is 1260. The first kappa shape index (κ1) is 21.9. The number of anilines is 1. The Labute approximate surface area is 194 Å². The normalized spacial score (nSPS) is 15.0. The molecule has 0 radical (unpaired) electrons. The van der Waals surface area contributed by atoms with Gasteiger partial charge in [0.25, 0.3) is 11.1 Å². The maximum absolute atomic E-state index is 12.8. The first-order valence-electron chi connectivity index (χ1n) is 9.87. The molecular weight excluding hydrogens is 446 g/mol. The number of amides is 3. The quantitative estimate of drug-likeness (QED) is 0.510. The Morgan fingerprint density at radius 2 is 1.91 bits per heavy atom. The van der Waals surface area contributed by atoms with Crippen LogP contribution in [0.25, 0.3) is 11.8 Å². The van der Waals surface area contributed by atoms with Crippen molar-refractivity contribution < 1.29 is 14.4 Å². The van der Waals surface area contributed by atoms with Crippen LogP contribution in [-0.4, -0.2) is 33.1 Å². The summed E-state index contributed by atoms with van der Waals surface area (Å²) in [4.78, 5) is 38.9. The fourth-order valence-electron chi connectivity index (χ4n) is 3.32. The van der Waals surface area contributed by atoms with Crippen LogP contribution in [0.2, 0.25) is 5.02 Å². The van der Waals surface area contributed by atoms with E-state index in [4.69, 9.17) is 11.6 Å².